The summed E-state index contributed by atoms with van der Waals surface area (Å²) in [6, 6.07) is -1.06. The van der Waals surface area contributed by atoms with E-state index in [-0.39, 0.29) is 42.2 Å². The molecule has 2 amide bonds. The predicted molar refractivity (Wildman–Crippen MR) is 125 cm³/mol. The number of aliphatic carboxylic acids is 1. The lowest BCUT2D eigenvalue weighted by molar-refractivity contribution is -0.148. The van der Waals surface area contributed by atoms with Gasteiger partial charge >= 0.3 is 5.97 Å². The van der Waals surface area contributed by atoms with Gasteiger partial charge in [0.25, 0.3) is 0 Å². The van der Waals surface area contributed by atoms with Crippen LogP contribution in [0.5, 0.6) is 0 Å². The van der Waals surface area contributed by atoms with Crippen LogP contribution in [-0.4, -0.2) is 83.7 Å². The van der Waals surface area contributed by atoms with Crippen molar-refractivity contribution in [3.05, 3.63) is 0 Å². The highest BCUT2D eigenvalue weighted by molar-refractivity contribution is 5.90. The molecule has 8 nitrogen and oxygen atoms in total. The Labute approximate surface area is 194 Å². The molecule has 1 fully saturated rings. The van der Waals surface area contributed by atoms with Crippen molar-refractivity contribution >= 4 is 17.8 Å². The zero-order valence-electron chi connectivity index (χ0n) is 21.3. The number of rotatable bonds is 12. The number of hydrogen-bond donors (Lipinski definition) is 2. The number of nitrogens with zero attached hydrogens (tertiary/aromatic N) is 2. The molecule has 1 rings (SSSR count). The third-order valence-electron chi connectivity index (χ3n) is 6.82. The molecule has 1 aliphatic heterocycles. The van der Waals surface area contributed by atoms with E-state index in [0.29, 0.717) is 0 Å². The van der Waals surface area contributed by atoms with Crippen LogP contribution in [0.3, 0.4) is 0 Å². The van der Waals surface area contributed by atoms with E-state index in [4.69, 9.17) is 4.74 Å². The lowest BCUT2D eigenvalue weighted by atomic mass is 9.90. The summed E-state index contributed by atoms with van der Waals surface area (Å²) in [7, 11) is 3.17. The van der Waals surface area contributed by atoms with Gasteiger partial charge in [0.15, 0.2) is 0 Å². The molecule has 5 atom stereocenters. The highest BCUT2D eigenvalue weighted by Crippen LogP contribution is 2.24. The second-order valence-corrected chi connectivity index (χ2v) is 9.77. The van der Waals surface area contributed by atoms with Crippen LogP contribution in [-0.2, 0) is 19.1 Å². The van der Waals surface area contributed by atoms with E-state index in [2.05, 4.69) is 24.1 Å². The smallest absolute Gasteiger partial charge is 0.306 e. The molecule has 1 saturated heterocycles. The van der Waals surface area contributed by atoms with Crippen LogP contribution >= 0.6 is 0 Å². The molecule has 8 heteroatoms. The fourth-order valence-corrected chi connectivity index (χ4v) is 4.74. The standard InChI is InChI=1S/C24H45N3O5/c1-9-17(6)22(19(32-8)14-20(28)29)26(7)24(31)21(15(2)3)25-23(30)18-12-10-11-13-27(18)16(4)5/h15-19,21-22H,9-14H2,1-8H3,(H,25,30)(H,28,29)/t17-,18?,19+,21?,22-/m0/s1. The molecular weight excluding hydrogens is 410 g/mol. The van der Waals surface area contributed by atoms with Gasteiger partial charge in [0.1, 0.15) is 6.04 Å². The summed E-state index contributed by atoms with van der Waals surface area (Å²) in [6.45, 7) is 12.9. The number of ether oxygens (including phenoxy) is 1. The first-order chi connectivity index (χ1) is 15.0. The van der Waals surface area contributed by atoms with Gasteiger partial charge in [-0.05, 0) is 45.1 Å². The first-order valence-corrected chi connectivity index (χ1v) is 12.0. The molecule has 0 radical (unpaired) electrons. The maximum Gasteiger partial charge on any atom is 0.306 e. The van der Waals surface area contributed by atoms with E-state index in [1.807, 2.05) is 27.7 Å². The Morgan fingerprint density at radius 2 is 1.78 bits per heavy atom. The Morgan fingerprint density at radius 3 is 2.25 bits per heavy atom. The zero-order valence-corrected chi connectivity index (χ0v) is 21.3. The summed E-state index contributed by atoms with van der Waals surface area (Å²) in [5.74, 6) is -1.36. The summed E-state index contributed by atoms with van der Waals surface area (Å²) >= 11 is 0. The summed E-state index contributed by atoms with van der Waals surface area (Å²) in [4.78, 5) is 42.0. The van der Waals surface area contributed by atoms with E-state index in [1.165, 1.54) is 7.11 Å². The minimum Gasteiger partial charge on any atom is -0.481 e. The maximum absolute atomic E-state index is 13.6. The number of carbonyl (C=O) groups is 3. The number of likely N-dealkylation sites (tertiary alicyclic amines) is 1. The van der Waals surface area contributed by atoms with Crippen LogP contribution in [0.15, 0.2) is 0 Å². The van der Waals surface area contributed by atoms with Gasteiger partial charge in [-0.15, -0.1) is 0 Å². The normalized spacial score (nSPS) is 21.1. The lowest BCUT2D eigenvalue weighted by Gasteiger charge is -2.41. The second-order valence-electron chi connectivity index (χ2n) is 9.77. The van der Waals surface area contributed by atoms with Crippen LogP contribution in [0.2, 0.25) is 0 Å². The molecule has 0 bridgehead atoms. The largest absolute Gasteiger partial charge is 0.481 e. The van der Waals surface area contributed by atoms with Crippen molar-refractivity contribution in [1.82, 2.24) is 15.1 Å². The Balaban J connectivity index is 3.10. The molecule has 2 N–H and O–H groups in total. The summed E-state index contributed by atoms with van der Waals surface area (Å²) < 4.78 is 5.51. The fraction of sp³-hybridized carbons (Fsp3) is 0.875. The molecule has 0 aliphatic carbocycles. The van der Waals surface area contributed by atoms with Crippen molar-refractivity contribution in [1.29, 1.82) is 0 Å². The Kier molecular flexibility index (Phi) is 11.6. The Morgan fingerprint density at radius 1 is 1.16 bits per heavy atom. The number of carbonyl (C=O) groups excluding carboxylic acids is 2. The second kappa shape index (κ2) is 13.1. The summed E-state index contributed by atoms with van der Waals surface area (Å²) in [5, 5.41) is 12.4. The molecule has 2 unspecified atom stereocenters. The van der Waals surface area contributed by atoms with Crippen molar-refractivity contribution in [3.8, 4) is 0 Å². The van der Waals surface area contributed by atoms with Crippen molar-refractivity contribution in [3.63, 3.8) is 0 Å². The number of amides is 2. The van der Waals surface area contributed by atoms with Gasteiger partial charge in [0.05, 0.1) is 24.6 Å². The number of piperidine rings is 1. The van der Waals surface area contributed by atoms with Crippen LogP contribution in [0.25, 0.3) is 0 Å². The number of carboxylic acids is 1. The van der Waals surface area contributed by atoms with Gasteiger partial charge in [-0.2, -0.15) is 0 Å². The summed E-state index contributed by atoms with van der Waals surface area (Å²) in [5.41, 5.74) is 0. The number of hydrogen-bond acceptors (Lipinski definition) is 5. The van der Waals surface area contributed by atoms with Gasteiger partial charge in [0.2, 0.25) is 11.8 Å². The number of nitrogens with one attached hydrogen (secondary N) is 1. The molecule has 0 aromatic heterocycles. The van der Waals surface area contributed by atoms with Crippen LogP contribution in [0.1, 0.15) is 73.6 Å². The molecular formula is C24H45N3O5. The van der Waals surface area contributed by atoms with E-state index >= 15 is 0 Å². The Bertz CT molecular complexity index is 625. The molecule has 0 aromatic rings. The van der Waals surface area contributed by atoms with Crippen LogP contribution in [0, 0.1) is 11.8 Å². The number of likely N-dealkylation sites (N-methyl/N-ethyl adjacent to an activating group) is 1. The SMILES string of the molecule is CC[C@H](C)[C@@H]([C@@H](CC(=O)O)OC)N(C)C(=O)C(NC(=O)C1CCCCN1C(C)C)C(C)C. The molecule has 0 spiro atoms. The average Bonchev–Trinajstić information content (AvgIpc) is 2.75. The van der Waals surface area contributed by atoms with Crippen molar-refractivity contribution < 1.29 is 24.2 Å². The minimum absolute atomic E-state index is 0.0338. The molecule has 1 heterocycles. The highest BCUT2D eigenvalue weighted by Gasteiger charge is 2.39. The molecule has 0 aromatic carbocycles. The van der Waals surface area contributed by atoms with Gasteiger partial charge in [-0.1, -0.05) is 40.5 Å². The minimum atomic E-state index is -0.967. The van der Waals surface area contributed by atoms with Gasteiger partial charge < -0.3 is 20.1 Å². The van der Waals surface area contributed by atoms with Crippen LogP contribution < -0.4 is 5.32 Å². The third kappa shape index (κ3) is 7.44. The van der Waals surface area contributed by atoms with Crippen LogP contribution in [0.4, 0.5) is 0 Å². The van der Waals surface area contributed by atoms with E-state index in [9.17, 15) is 19.5 Å². The lowest BCUT2D eigenvalue weighted by Crippen LogP contribution is -2.60. The monoisotopic (exact) mass is 455 g/mol. The van der Waals surface area contributed by atoms with Gasteiger partial charge in [-0.3, -0.25) is 19.3 Å². The average molecular weight is 456 g/mol. The summed E-state index contributed by atoms with van der Waals surface area (Å²) in [6.07, 6.45) is 2.82. The quantitative estimate of drug-likeness (QED) is 0.469. The van der Waals surface area contributed by atoms with E-state index in [1.54, 1.807) is 11.9 Å². The van der Waals surface area contributed by atoms with Crippen molar-refractivity contribution in [2.75, 3.05) is 20.7 Å². The topological polar surface area (TPSA) is 99.2 Å². The maximum atomic E-state index is 13.6. The zero-order chi connectivity index (χ0) is 24.6. The third-order valence-corrected chi connectivity index (χ3v) is 6.82. The van der Waals surface area contributed by atoms with E-state index < -0.39 is 24.2 Å². The van der Waals surface area contributed by atoms with Gasteiger partial charge in [0, 0.05) is 20.2 Å². The first kappa shape index (κ1) is 28.4. The fourth-order valence-electron chi connectivity index (χ4n) is 4.74. The predicted octanol–water partition coefficient (Wildman–Crippen LogP) is 2.75. The Hall–Kier alpha value is -1.67. The molecule has 0 saturated carbocycles. The molecule has 186 valence electrons. The molecule has 32 heavy (non-hydrogen) atoms. The van der Waals surface area contributed by atoms with E-state index in [0.717, 1.165) is 32.2 Å². The first-order valence-electron chi connectivity index (χ1n) is 12.0. The molecule has 1 aliphatic rings. The highest BCUT2D eigenvalue weighted by atomic mass is 16.5. The van der Waals surface area contributed by atoms with Crippen molar-refractivity contribution in [2.45, 2.75) is 104 Å². The van der Waals surface area contributed by atoms with Gasteiger partial charge in [-0.25, -0.2) is 0 Å². The van der Waals surface area contributed by atoms with Crippen molar-refractivity contribution in [2.24, 2.45) is 11.8 Å². The number of methoxy groups -OCH3 is 1. The number of carboxylic acid groups (broad SMARTS) is 1.